The molecular formula is C25H39F3N4O2S. The third-order valence-corrected chi connectivity index (χ3v) is 10.1. The Morgan fingerprint density at radius 3 is 2.34 bits per heavy atom. The monoisotopic (exact) mass is 516 g/mol. The number of piperidine rings is 2. The molecule has 2 atom stereocenters. The summed E-state index contributed by atoms with van der Waals surface area (Å²) in [6.07, 6.45) is 3.20. The van der Waals surface area contributed by atoms with Crippen molar-refractivity contribution in [3.05, 3.63) is 23.8 Å². The van der Waals surface area contributed by atoms with E-state index in [0.717, 1.165) is 64.1 Å². The van der Waals surface area contributed by atoms with Crippen LogP contribution in [0.4, 0.5) is 18.9 Å². The third-order valence-electron chi connectivity index (χ3n) is 8.16. The lowest BCUT2D eigenvalue weighted by molar-refractivity contribution is -0.137. The Morgan fingerprint density at radius 1 is 1.03 bits per heavy atom. The van der Waals surface area contributed by atoms with Crippen LogP contribution in [0.3, 0.4) is 0 Å². The number of likely N-dealkylation sites (tertiary alicyclic amines) is 2. The minimum absolute atomic E-state index is 0.0470. The highest BCUT2D eigenvalue weighted by Gasteiger charge is 2.37. The van der Waals surface area contributed by atoms with Gasteiger partial charge < -0.3 is 15.1 Å². The van der Waals surface area contributed by atoms with Gasteiger partial charge in [-0.1, -0.05) is 13.3 Å². The molecule has 0 spiro atoms. The summed E-state index contributed by atoms with van der Waals surface area (Å²) in [7, 11) is -2.60. The molecule has 35 heavy (non-hydrogen) atoms. The molecule has 3 aliphatic rings. The van der Waals surface area contributed by atoms with Crippen molar-refractivity contribution in [2.45, 2.75) is 87.5 Å². The summed E-state index contributed by atoms with van der Waals surface area (Å²) in [5, 5.41) is 3.33. The molecule has 0 aromatic heterocycles. The van der Waals surface area contributed by atoms with E-state index in [9.17, 15) is 21.6 Å². The van der Waals surface area contributed by atoms with Crippen molar-refractivity contribution in [2.75, 3.05) is 45.1 Å². The molecule has 1 aromatic carbocycles. The van der Waals surface area contributed by atoms with Gasteiger partial charge in [0.05, 0.1) is 11.3 Å². The average Bonchev–Trinajstić information content (AvgIpc) is 3.32. The second-order valence-electron chi connectivity index (χ2n) is 10.3. The van der Waals surface area contributed by atoms with Crippen LogP contribution in [0.25, 0.3) is 0 Å². The molecule has 4 rings (SSSR count). The molecular weight excluding hydrogens is 477 g/mol. The molecule has 2 heterocycles. The maximum absolute atomic E-state index is 13.7. The van der Waals surface area contributed by atoms with Crippen LogP contribution in [-0.2, 0) is 16.2 Å². The predicted octanol–water partition coefficient (Wildman–Crippen LogP) is 4.63. The summed E-state index contributed by atoms with van der Waals surface area (Å²) in [5.41, 5.74) is -0.659. The fraction of sp³-hybridized carbons (Fsp3) is 0.760. The van der Waals surface area contributed by atoms with E-state index in [1.165, 1.54) is 36.7 Å². The Hall–Kier alpha value is -1.36. The van der Waals surface area contributed by atoms with Crippen molar-refractivity contribution in [1.82, 2.24) is 14.1 Å². The standard InChI is InChI=1S/C25H39F3N4O2S/c1-3-31-15-11-21(12-16-31)30(2)35(33,34)24-17-19(25(26,27)28)7-10-23(24)29-20-8-9-22(18-20)32-13-5-4-6-14-32/h7,10,17,20-22,29H,3-6,8-9,11-16,18H2,1-2H3/t20-,22+/m1/s1. The molecule has 1 N–H and O–H groups in total. The molecule has 2 aliphatic heterocycles. The van der Waals surface area contributed by atoms with E-state index >= 15 is 0 Å². The molecule has 0 bridgehead atoms. The molecule has 2 saturated heterocycles. The topological polar surface area (TPSA) is 55.9 Å². The quantitative estimate of drug-likeness (QED) is 0.573. The maximum Gasteiger partial charge on any atom is 0.416 e. The number of nitrogens with one attached hydrogen (secondary N) is 1. The van der Waals surface area contributed by atoms with Gasteiger partial charge in [-0.15, -0.1) is 0 Å². The number of alkyl halides is 3. The minimum atomic E-state index is -4.61. The first-order chi connectivity index (χ1) is 16.6. The Balaban J connectivity index is 1.55. The summed E-state index contributed by atoms with van der Waals surface area (Å²) in [6, 6.07) is 3.38. The lowest BCUT2D eigenvalue weighted by Gasteiger charge is -2.36. The van der Waals surface area contributed by atoms with Gasteiger partial charge >= 0.3 is 6.18 Å². The number of rotatable bonds is 7. The first kappa shape index (κ1) is 26.7. The number of nitrogens with zero attached hydrogens (tertiary/aromatic N) is 3. The maximum atomic E-state index is 13.7. The van der Waals surface area contributed by atoms with Crippen LogP contribution in [0, 0.1) is 0 Å². The van der Waals surface area contributed by atoms with Gasteiger partial charge in [0.15, 0.2) is 0 Å². The van der Waals surface area contributed by atoms with Crippen LogP contribution >= 0.6 is 0 Å². The minimum Gasteiger partial charge on any atom is -0.381 e. The lowest BCUT2D eigenvalue weighted by atomic mass is 10.1. The third kappa shape index (κ3) is 6.14. The Morgan fingerprint density at radius 2 is 1.71 bits per heavy atom. The molecule has 1 saturated carbocycles. The van der Waals surface area contributed by atoms with Crippen LogP contribution in [0.1, 0.15) is 63.9 Å². The zero-order valence-corrected chi connectivity index (χ0v) is 21.7. The van der Waals surface area contributed by atoms with Crippen molar-refractivity contribution in [1.29, 1.82) is 0 Å². The van der Waals surface area contributed by atoms with E-state index < -0.39 is 21.8 Å². The Bertz CT molecular complexity index is 958. The lowest BCUT2D eigenvalue weighted by Crippen LogP contribution is -2.45. The van der Waals surface area contributed by atoms with E-state index in [2.05, 4.69) is 22.0 Å². The van der Waals surface area contributed by atoms with Crippen LogP contribution in [0.15, 0.2) is 23.1 Å². The van der Waals surface area contributed by atoms with Gasteiger partial charge in [-0.05, 0) is 95.9 Å². The molecule has 1 aromatic rings. The van der Waals surface area contributed by atoms with Crippen molar-refractivity contribution in [3.8, 4) is 0 Å². The number of benzene rings is 1. The zero-order valence-electron chi connectivity index (χ0n) is 20.9. The first-order valence-corrected chi connectivity index (χ1v) is 14.5. The summed E-state index contributed by atoms with van der Waals surface area (Å²) in [6.45, 7) is 6.74. The van der Waals surface area contributed by atoms with Crippen LogP contribution < -0.4 is 5.32 Å². The fourth-order valence-electron chi connectivity index (χ4n) is 5.91. The van der Waals surface area contributed by atoms with Gasteiger partial charge in [0.2, 0.25) is 10.0 Å². The highest BCUT2D eigenvalue weighted by molar-refractivity contribution is 7.89. The van der Waals surface area contributed by atoms with E-state index in [4.69, 9.17) is 0 Å². The molecule has 0 amide bonds. The molecule has 10 heteroatoms. The van der Waals surface area contributed by atoms with Crippen LogP contribution in [-0.4, -0.2) is 80.4 Å². The van der Waals surface area contributed by atoms with Crippen molar-refractivity contribution >= 4 is 15.7 Å². The summed E-state index contributed by atoms with van der Waals surface area (Å²) < 4.78 is 69.3. The van der Waals surface area contributed by atoms with Gasteiger partial charge in [-0.3, -0.25) is 0 Å². The number of sulfonamides is 1. The highest BCUT2D eigenvalue weighted by Crippen LogP contribution is 2.37. The summed E-state index contributed by atoms with van der Waals surface area (Å²) in [4.78, 5) is 4.51. The molecule has 0 radical (unpaired) electrons. The second kappa shape index (κ2) is 10.9. The highest BCUT2D eigenvalue weighted by atomic mass is 32.2. The van der Waals surface area contributed by atoms with E-state index in [1.807, 2.05) is 0 Å². The number of hydrogen-bond acceptors (Lipinski definition) is 5. The van der Waals surface area contributed by atoms with Crippen molar-refractivity contribution in [2.24, 2.45) is 0 Å². The SMILES string of the molecule is CCN1CCC(N(C)S(=O)(=O)c2cc(C(F)(F)F)ccc2N[C@@H]2CC[C@H](N3CCCCC3)C2)CC1. The molecule has 1 aliphatic carbocycles. The molecule has 6 nitrogen and oxygen atoms in total. The van der Waals surface area contributed by atoms with Gasteiger partial charge in [-0.2, -0.15) is 17.5 Å². The molecule has 198 valence electrons. The Kier molecular flexibility index (Phi) is 8.35. The largest absolute Gasteiger partial charge is 0.416 e. The smallest absolute Gasteiger partial charge is 0.381 e. The summed E-state index contributed by atoms with van der Waals surface area (Å²) in [5.74, 6) is 0. The fourth-order valence-corrected chi connectivity index (χ4v) is 7.50. The van der Waals surface area contributed by atoms with Crippen molar-refractivity contribution < 1.29 is 21.6 Å². The average molecular weight is 517 g/mol. The Labute approximate surface area is 207 Å². The zero-order chi connectivity index (χ0) is 25.2. The van der Waals surface area contributed by atoms with E-state index in [1.54, 1.807) is 0 Å². The van der Waals surface area contributed by atoms with Gasteiger partial charge in [0, 0.05) is 25.2 Å². The molecule has 3 fully saturated rings. The van der Waals surface area contributed by atoms with E-state index in [0.29, 0.717) is 18.9 Å². The van der Waals surface area contributed by atoms with Gasteiger partial charge in [0.25, 0.3) is 0 Å². The van der Waals surface area contributed by atoms with Crippen LogP contribution in [0.5, 0.6) is 0 Å². The molecule has 0 unspecified atom stereocenters. The number of hydrogen-bond donors (Lipinski definition) is 1. The second-order valence-corrected chi connectivity index (χ2v) is 12.3. The van der Waals surface area contributed by atoms with Gasteiger partial charge in [0.1, 0.15) is 4.90 Å². The predicted molar refractivity (Wildman–Crippen MR) is 132 cm³/mol. The normalized spacial score (nSPS) is 25.9. The van der Waals surface area contributed by atoms with Gasteiger partial charge in [-0.25, -0.2) is 8.42 Å². The number of halogens is 3. The summed E-state index contributed by atoms with van der Waals surface area (Å²) >= 11 is 0. The van der Waals surface area contributed by atoms with Crippen LogP contribution in [0.2, 0.25) is 0 Å². The number of anilines is 1. The van der Waals surface area contributed by atoms with Crippen molar-refractivity contribution in [3.63, 3.8) is 0 Å². The van der Waals surface area contributed by atoms with E-state index in [-0.39, 0.29) is 22.7 Å². The first-order valence-electron chi connectivity index (χ1n) is 13.0.